The smallest absolute Gasteiger partial charge is 0.226 e. The predicted octanol–water partition coefficient (Wildman–Crippen LogP) is 3.63. The fourth-order valence-corrected chi connectivity index (χ4v) is 3.05. The van der Waals surface area contributed by atoms with Crippen molar-refractivity contribution in [2.45, 2.75) is 38.8 Å². The molecule has 1 fully saturated rings. The van der Waals surface area contributed by atoms with Gasteiger partial charge in [0, 0.05) is 18.7 Å². The second kappa shape index (κ2) is 9.57. The van der Waals surface area contributed by atoms with Crippen LogP contribution >= 0.6 is 24.0 Å². The summed E-state index contributed by atoms with van der Waals surface area (Å²) >= 11 is 0. The summed E-state index contributed by atoms with van der Waals surface area (Å²) in [5.41, 5.74) is 2.97. The molecule has 0 aliphatic heterocycles. The largest absolute Gasteiger partial charge is 0.444 e. The first-order valence-electron chi connectivity index (χ1n) is 8.58. The molecule has 26 heavy (non-hydrogen) atoms. The van der Waals surface area contributed by atoms with Gasteiger partial charge in [0.1, 0.15) is 6.26 Å². The van der Waals surface area contributed by atoms with E-state index in [1.54, 1.807) is 13.3 Å². The third-order valence-electron chi connectivity index (χ3n) is 4.51. The number of nitrogens with one attached hydrogen (secondary N) is 2. The topological polar surface area (TPSA) is 86.2 Å². The molecule has 1 aromatic heterocycles. The molecule has 1 aliphatic carbocycles. The normalized spacial score (nSPS) is 19.5. The van der Waals surface area contributed by atoms with Crippen molar-refractivity contribution >= 4 is 29.9 Å². The molecule has 6 nitrogen and oxygen atoms in total. The standard InChI is InChI=1S/C19H23N5O.HI/c1-13-6-8-14(9-7-13)18-23-16(12-25-18)11-22-19(21-2)24-17-5-3-4-15(17)10-20;/h6-9,12,15,17H,3-5,11H2,1-2H3,(H2,21,22,24);1H. The van der Waals surface area contributed by atoms with Crippen LogP contribution in [0.4, 0.5) is 0 Å². The number of benzene rings is 1. The lowest BCUT2D eigenvalue weighted by Crippen LogP contribution is -2.44. The summed E-state index contributed by atoms with van der Waals surface area (Å²) in [6, 6.07) is 10.6. The molecule has 1 heterocycles. The van der Waals surface area contributed by atoms with Crippen LogP contribution in [0, 0.1) is 24.2 Å². The quantitative estimate of drug-likeness (QED) is 0.409. The number of hydrogen-bond acceptors (Lipinski definition) is 4. The molecule has 0 saturated heterocycles. The minimum Gasteiger partial charge on any atom is -0.444 e. The fraction of sp³-hybridized carbons (Fsp3) is 0.421. The maximum atomic E-state index is 9.19. The summed E-state index contributed by atoms with van der Waals surface area (Å²) in [5.74, 6) is 1.35. The highest BCUT2D eigenvalue weighted by Gasteiger charge is 2.27. The van der Waals surface area contributed by atoms with Gasteiger partial charge in [-0.3, -0.25) is 4.99 Å². The fourth-order valence-electron chi connectivity index (χ4n) is 3.05. The zero-order chi connectivity index (χ0) is 17.6. The molecule has 138 valence electrons. The maximum Gasteiger partial charge on any atom is 0.226 e. The number of oxazole rings is 1. The summed E-state index contributed by atoms with van der Waals surface area (Å²) < 4.78 is 5.57. The summed E-state index contributed by atoms with van der Waals surface area (Å²) in [6.07, 6.45) is 4.69. The Labute approximate surface area is 171 Å². The Morgan fingerprint density at radius 2 is 2.12 bits per heavy atom. The summed E-state index contributed by atoms with van der Waals surface area (Å²) in [6.45, 7) is 2.56. The molecule has 2 atom stereocenters. The number of aryl methyl sites for hydroxylation is 1. The van der Waals surface area contributed by atoms with E-state index in [9.17, 15) is 5.26 Å². The van der Waals surface area contributed by atoms with E-state index >= 15 is 0 Å². The predicted molar refractivity (Wildman–Crippen MR) is 112 cm³/mol. The second-order valence-corrected chi connectivity index (χ2v) is 6.35. The minimum atomic E-state index is 0. The van der Waals surface area contributed by atoms with Crippen LogP contribution in [-0.4, -0.2) is 24.0 Å². The van der Waals surface area contributed by atoms with Crippen molar-refractivity contribution < 1.29 is 4.42 Å². The highest BCUT2D eigenvalue weighted by atomic mass is 127. The number of halogens is 1. The van der Waals surface area contributed by atoms with Gasteiger partial charge in [-0.15, -0.1) is 24.0 Å². The highest BCUT2D eigenvalue weighted by Crippen LogP contribution is 2.24. The molecule has 3 rings (SSSR count). The molecular weight excluding hydrogens is 441 g/mol. The van der Waals surface area contributed by atoms with Crippen LogP contribution in [0.5, 0.6) is 0 Å². The SMILES string of the molecule is CN=C(NCc1coc(-c2ccc(C)cc2)n1)NC1CCCC1C#N.I. The Morgan fingerprint density at radius 3 is 2.81 bits per heavy atom. The van der Waals surface area contributed by atoms with Crippen molar-refractivity contribution in [3.63, 3.8) is 0 Å². The van der Waals surface area contributed by atoms with Gasteiger partial charge in [-0.2, -0.15) is 5.26 Å². The molecule has 2 N–H and O–H groups in total. The Bertz CT molecular complexity index is 778. The van der Waals surface area contributed by atoms with Gasteiger partial charge in [-0.25, -0.2) is 4.98 Å². The summed E-state index contributed by atoms with van der Waals surface area (Å²) in [5, 5.41) is 15.8. The molecule has 2 unspecified atom stereocenters. The van der Waals surface area contributed by atoms with Gasteiger partial charge in [0.25, 0.3) is 0 Å². The van der Waals surface area contributed by atoms with E-state index < -0.39 is 0 Å². The first kappa shape index (κ1) is 20.2. The van der Waals surface area contributed by atoms with E-state index in [1.807, 2.05) is 24.3 Å². The van der Waals surface area contributed by atoms with Gasteiger partial charge in [-0.05, 0) is 38.3 Å². The van der Waals surface area contributed by atoms with Gasteiger partial charge in [0.05, 0.1) is 24.2 Å². The van der Waals surface area contributed by atoms with Crippen LogP contribution < -0.4 is 10.6 Å². The number of aromatic nitrogens is 1. The number of nitriles is 1. The van der Waals surface area contributed by atoms with Crippen molar-refractivity contribution in [2.24, 2.45) is 10.9 Å². The first-order chi connectivity index (χ1) is 12.2. The van der Waals surface area contributed by atoms with E-state index in [0.717, 1.165) is 30.5 Å². The third kappa shape index (κ3) is 4.97. The zero-order valence-corrected chi connectivity index (χ0v) is 17.4. The van der Waals surface area contributed by atoms with Gasteiger partial charge >= 0.3 is 0 Å². The van der Waals surface area contributed by atoms with Gasteiger partial charge in [0.2, 0.25) is 5.89 Å². The molecule has 1 aromatic carbocycles. The molecule has 0 amide bonds. The molecule has 1 aliphatic rings. The zero-order valence-electron chi connectivity index (χ0n) is 15.0. The van der Waals surface area contributed by atoms with Crippen LogP contribution in [-0.2, 0) is 6.54 Å². The van der Waals surface area contributed by atoms with Crippen molar-refractivity contribution in [3.8, 4) is 17.5 Å². The molecule has 2 aromatic rings. The van der Waals surface area contributed by atoms with E-state index in [-0.39, 0.29) is 35.9 Å². The van der Waals surface area contributed by atoms with Crippen LogP contribution in [0.25, 0.3) is 11.5 Å². The second-order valence-electron chi connectivity index (χ2n) is 6.35. The Kier molecular flexibility index (Phi) is 7.45. The van der Waals surface area contributed by atoms with Gasteiger partial charge in [0.15, 0.2) is 5.96 Å². The Hall–Kier alpha value is -2.08. The Balaban J connectivity index is 0.00000243. The molecule has 0 bridgehead atoms. The number of nitrogens with zero attached hydrogens (tertiary/aromatic N) is 3. The summed E-state index contributed by atoms with van der Waals surface area (Å²) in [4.78, 5) is 8.75. The lowest BCUT2D eigenvalue weighted by molar-refractivity contribution is 0.532. The van der Waals surface area contributed by atoms with Gasteiger partial charge in [-0.1, -0.05) is 17.7 Å². The molecule has 7 heteroatoms. The molecule has 1 saturated carbocycles. The summed E-state index contributed by atoms with van der Waals surface area (Å²) in [7, 11) is 1.73. The van der Waals surface area contributed by atoms with Crippen molar-refractivity contribution in [2.75, 3.05) is 7.05 Å². The number of aliphatic imine (C=N–C) groups is 1. The lowest BCUT2D eigenvalue weighted by atomic mass is 10.1. The van der Waals surface area contributed by atoms with E-state index in [1.165, 1.54) is 5.56 Å². The maximum absolute atomic E-state index is 9.19. The van der Waals surface area contributed by atoms with Crippen molar-refractivity contribution in [3.05, 3.63) is 41.8 Å². The first-order valence-corrected chi connectivity index (χ1v) is 8.58. The molecular formula is C19H24IN5O. The third-order valence-corrected chi connectivity index (χ3v) is 4.51. The van der Waals surface area contributed by atoms with Crippen LogP contribution in [0.15, 0.2) is 39.9 Å². The van der Waals surface area contributed by atoms with Crippen molar-refractivity contribution in [1.82, 2.24) is 15.6 Å². The van der Waals surface area contributed by atoms with Crippen LogP contribution in [0.2, 0.25) is 0 Å². The molecule has 0 radical (unpaired) electrons. The van der Waals surface area contributed by atoms with E-state index in [4.69, 9.17) is 4.42 Å². The number of guanidine groups is 1. The Morgan fingerprint density at radius 1 is 1.35 bits per heavy atom. The van der Waals surface area contributed by atoms with E-state index in [0.29, 0.717) is 18.4 Å². The lowest BCUT2D eigenvalue weighted by Gasteiger charge is -2.18. The van der Waals surface area contributed by atoms with Crippen LogP contribution in [0.1, 0.15) is 30.5 Å². The number of hydrogen-bond donors (Lipinski definition) is 2. The minimum absolute atomic E-state index is 0. The average Bonchev–Trinajstić information content (AvgIpc) is 3.28. The average molecular weight is 465 g/mol. The monoisotopic (exact) mass is 465 g/mol. The van der Waals surface area contributed by atoms with Crippen LogP contribution in [0.3, 0.4) is 0 Å². The highest BCUT2D eigenvalue weighted by molar-refractivity contribution is 14.0. The van der Waals surface area contributed by atoms with Gasteiger partial charge < -0.3 is 15.1 Å². The number of rotatable bonds is 4. The molecule has 0 spiro atoms. The van der Waals surface area contributed by atoms with E-state index in [2.05, 4.69) is 33.6 Å². The van der Waals surface area contributed by atoms with Crippen molar-refractivity contribution in [1.29, 1.82) is 5.26 Å².